The highest BCUT2D eigenvalue weighted by Gasteiger charge is 2.33. The molecule has 0 radical (unpaired) electrons. The largest absolute Gasteiger partial charge is 0.353 e. The maximum atomic E-state index is 12.7. The second kappa shape index (κ2) is 6.39. The molecule has 1 saturated heterocycles. The third-order valence-corrected chi connectivity index (χ3v) is 6.25. The van der Waals surface area contributed by atoms with Crippen molar-refractivity contribution in [1.29, 1.82) is 5.26 Å². The molecule has 0 bridgehead atoms. The number of imidazole rings is 1. The Morgan fingerprint density at radius 1 is 1.25 bits per heavy atom. The Kier molecular flexibility index (Phi) is 4.45. The van der Waals surface area contributed by atoms with Gasteiger partial charge in [0.2, 0.25) is 5.03 Å². The van der Waals surface area contributed by atoms with Gasteiger partial charge in [0.25, 0.3) is 10.0 Å². The smallest absolute Gasteiger partial charge is 0.263 e. The molecule has 0 amide bonds. The molecule has 24 heavy (non-hydrogen) atoms. The van der Waals surface area contributed by atoms with Gasteiger partial charge >= 0.3 is 0 Å². The number of nitrogens with zero attached hydrogens (tertiary/aromatic N) is 6. The average molecular weight is 367 g/mol. The molecule has 0 spiro atoms. The second-order valence-corrected chi connectivity index (χ2v) is 7.54. The fourth-order valence-electron chi connectivity index (χ4n) is 2.57. The van der Waals surface area contributed by atoms with Gasteiger partial charge in [0.15, 0.2) is 0 Å². The molecule has 3 rings (SSSR count). The highest BCUT2D eigenvalue weighted by molar-refractivity contribution is 7.89. The van der Waals surface area contributed by atoms with E-state index < -0.39 is 10.0 Å². The monoisotopic (exact) mass is 366 g/mol. The van der Waals surface area contributed by atoms with E-state index in [-0.39, 0.29) is 23.3 Å². The molecule has 0 unspecified atom stereocenters. The van der Waals surface area contributed by atoms with Crippen molar-refractivity contribution in [1.82, 2.24) is 18.8 Å². The highest BCUT2D eigenvalue weighted by Crippen LogP contribution is 2.25. The number of pyridine rings is 1. The maximum absolute atomic E-state index is 12.7. The number of hydrogen-bond donors (Lipinski definition) is 0. The molecule has 1 fully saturated rings. The summed E-state index contributed by atoms with van der Waals surface area (Å²) in [7, 11) is -2.10. The summed E-state index contributed by atoms with van der Waals surface area (Å²) >= 11 is 6.01. The molecule has 1 aliphatic heterocycles. The molecule has 0 atom stereocenters. The number of sulfonamides is 1. The van der Waals surface area contributed by atoms with Crippen molar-refractivity contribution in [2.45, 2.75) is 5.03 Å². The standard InChI is InChI=1S/C14H15ClN6O2S/c1-19-10-18-14(12(19)15)24(22,23)21-7-5-20(6-8-21)13-11(9-16)3-2-4-17-13/h2-4,10H,5-8H2,1H3. The fraction of sp³-hybridized carbons (Fsp3) is 0.357. The minimum absolute atomic E-state index is 0.0916. The van der Waals surface area contributed by atoms with Gasteiger partial charge in [-0.05, 0) is 12.1 Å². The lowest BCUT2D eigenvalue weighted by molar-refractivity contribution is 0.382. The zero-order valence-electron chi connectivity index (χ0n) is 12.9. The summed E-state index contributed by atoms with van der Waals surface area (Å²) in [4.78, 5) is 10.0. The van der Waals surface area contributed by atoms with Crippen molar-refractivity contribution in [2.24, 2.45) is 7.05 Å². The van der Waals surface area contributed by atoms with Crippen molar-refractivity contribution in [2.75, 3.05) is 31.1 Å². The summed E-state index contributed by atoms with van der Waals surface area (Å²) in [6, 6.07) is 5.50. The minimum Gasteiger partial charge on any atom is -0.353 e. The lowest BCUT2D eigenvalue weighted by Gasteiger charge is -2.34. The van der Waals surface area contributed by atoms with Crippen LogP contribution in [0.15, 0.2) is 29.7 Å². The lowest BCUT2D eigenvalue weighted by atomic mass is 10.2. The van der Waals surface area contributed by atoms with Gasteiger partial charge in [-0.15, -0.1) is 0 Å². The maximum Gasteiger partial charge on any atom is 0.263 e. The van der Waals surface area contributed by atoms with Gasteiger partial charge < -0.3 is 9.47 Å². The Labute approximate surface area is 145 Å². The Morgan fingerprint density at radius 3 is 2.54 bits per heavy atom. The van der Waals surface area contributed by atoms with Gasteiger partial charge in [-0.2, -0.15) is 9.57 Å². The molecule has 0 saturated carbocycles. The first-order valence-electron chi connectivity index (χ1n) is 7.22. The van der Waals surface area contributed by atoms with Crippen molar-refractivity contribution < 1.29 is 8.42 Å². The summed E-state index contributed by atoms with van der Waals surface area (Å²) < 4.78 is 28.1. The Balaban J connectivity index is 1.78. The first-order valence-corrected chi connectivity index (χ1v) is 9.04. The predicted octanol–water partition coefficient (Wildman–Crippen LogP) is 0.851. The van der Waals surface area contributed by atoms with E-state index in [0.717, 1.165) is 0 Å². The van der Waals surface area contributed by atoms with Crippen molar-refractivity contribution in [3.8, 4) is 6.07 Å². The molecular formula is C14H15ClN6O2S. The van der Waals surface area contributed by atoms with Gasteiger partial charge in [0.1, 0.15) is 17.0 Å². The number of anilines is 1. The molecule has 8 nitrogen and oxygen atoms in total. The molecule has 2 aromatic rings. The summed E-state index contributed by atoms with van der Waals surface area (Å²) in [5.74, 6) is 0.577. The van der Waals surface area contributed by atoms with E-state index >= 15 is 0 Å². The number of aryl methyl sites for hydroxylation is 1. The van der Waals surface area contributed by atoms with Crippen molar-refractivity contribution >= 4 is 27.4 Å². The zero-order valence-corrected chi connectivity index (χ0v) is 14.5. The van der Waals surface area contributed by atoms with Crippen LogP contribution in [-0.2, 0) is 17.1 Å². The van der Waals surface area contributed by atoms with E-state index in [0.29, 0.717) is 24.5 Å². The van der Waals surface area contributed by atoms with E-state index in [4.69, 9.17) is 16.9 Å². The first kappa shape index (κ1) is 16.7. The quantitative estimate of drug-likeness (QED) is 0.799. The van der Waals surface area contributed by atoms with Crippen LogP contribution in [0.4, 0.5) is 5.82 Å². The van der Waals surface area contributed by atoms with Crippen molar-refractivity contribution in [3.63, 3.8) is 0 Å². The van der Waals surface area contributed by atoms with E-state index in [2.05, 4.69) is 16.0 Å². The molecule has 0 aliphatic carbocycles. The molecule has 2 aromatic heterocycles. The van der Waals surface area contributed by atoms with Crippen LogP contribution in [0.25, 0.3) is 0 Å². The van der Waals surface area contributed by atoms with E-state index in [1.807, 2.05) is 4.90 Å². The molecular weight excluding hydrogens is 352 g/mol. The van der Waals surface area contributed by atoms with Crippen LogP contribution >= 0.6 is 11.6 Å². The molecule has 0 aromatic carbocycles. The number of piperazine rings is 1. The lowest BCUT2D eigenvalue weighted by Crippen LogP contribution is -2.49. The summed E-state index contributed by atoms with van der Waals surface area (Å²) in [6.07, 6.45) is 2.99. The van der Waals surface area contributed by atoms with Crippen LogP contribution in [0.2, 0.25) is 5.15 Å². The topological polar surface area (TPSA) is 95.1 Å². The van der Waals surface area contributed by atoms with Crippen LogP contribution in [0.3, 0.4) is 0 Å². The molecule has 10 heteroatoms. The SMILES string of the molecule is Cn1cnc(S(=O)(=O)N2CCN(c3ncccc3C#N)CC2)c1Cl. The summed E-state index contributed by atoms with van der Waals surface area (Å²) in [5.41, 5.74) is 0.474. The molecule has 3 heterocycles. The zero-order chi connectivity index (χ0) is 17.3. The number of halogens is 1. The van der Waals surface area contributed by atoms with Crippen LogP contribution in [0.5, 0.6) is 0 Å². The van der Waals surface area contributed by atoms with E-state index in [9.17, 15) is 8.42 Å². The molecule has 1 aliphatic rings. The van der Waals surface area contributed by atoms with Crippen LogP contribution in [-0.4, -0.2) is 53.4 Å². The number of nitriles is 1. The van der Waals surface area contributed by atoms with Gasteiger partial charge in [-0.1, -0.05) is 11.6 Å². The number of rotatable bonds is 3. The van der Waals surface area contributed by atoms with Gasteiger partial charge in [0.05, 0.1) is 11.9 Å². The van der Waals surface area contributed by atoms with E-state index in [1.165, 1.54) is 15.2 Å². The third-order valence-electron chi connectivity index (χ3n) is 3.86. The van der Waals surface area contributed by atoms with Crippen LogP contribution in [0.1, 0.15) is 5.56 Å². The van der Waals surface area contributed by atoms with Crippen LogP contribution < -0.4 is 4.90 Å². The number of aromatic nitrogens is 3. The normalized spacial score (nSPS) is 16.1. The summed E-state index contributed by atoms with van der Waals surface area (Å²) in [5, 5.41) is 9.13. The van der Waals surface area contributed by atoms with Crippen LogP contribution in [0, 0.1) is 11.3 Å². The van der Waals surface area contributed by atoms with Gasteiger partial charge in [0, 0.05) is 39.4 Å². The predicted molar refractivity (Wildman–Crippen MR) is 88.1 cm³/mol. The Bertz CT molecular complexity index is 896. The molecule has 126 valence electrons. The van der Waals surface area contributed by atoms with Gasteiger partial charge in [-0.25, -0.2) is 18.4 Å². The van der Waals surface area contributed by atoms with Gasteiger partial charge in [-0.3, -0.25) is 0 Å². The molecule has 0 N–H and O–H groups in total. The Hall–Kier alpha value is -2.15. The highest BCUT2D eigenvalue weighted by atomic mass is 35.5. The minimum atomic E-state index is -3.74. The first-order chi connectivity index (χ1) is 11.4. The average Bonchev–Trinajstić information content (AvgIpc) is 2.95. The second-order valence-electron chi connectivity index (χ2n) is 5.33. The van der Waals surface area contributed by atoms with E-state index in [1.54, 1.807) is 25.4 Å². The third kappa shape index (κ3) is 2.84. The Morgan fingerprint density at radius 2 is 1.96 bits per heavy atom. The van der Waals surface area contributed by atoms with Crippen molar-refractivity contribution in [3.05, 3.63) is 35.4 Å². The fourth-order valence-corrected chi connectivity index (χ4v) is 4.38. The summed E-state index contributed by atoms with van der Waals surface area (Å²) in [6.45, 7) is 1.43. The number of hydrogen-bond acceptors (Lipinski definition) is 6.